The molecular formula is C17H23Br. The number of aryl methyl sites for hydroxylation is 1. The number of rotatable bonds is 3. The van der Waals surface area contributed by atoms with E-state index in [-0.39, 0.29) is 0 Å². The van der Waals surface area contributed by atoms with E-state index in [1.807, 2.05) is 0 Å². The molecule has 98 valence electrons. The van der Waals surface area contributed by atoms with Crippen molar-refractivity contribution in [1.82, 2.24) is 0 Å². The van der Waals surface area contributed by atoms with Gasteiger partial charge in [0.25, 0.3) is 0 Å². The van der Waals surface area contributed by atoms with Crippen LogP contribution in [0.5, 0.6) is 0 Å². The van der Waals surface area contributed by atoms with E-state index >= 15 is 0 Å². The molecule has 0 radical (unpaired) electrons. The van der Waals surface area contributed by atoms with Gasteiger partial charge in [0.1, 0.15) is 0 Å². The second-order valence-electron chi connectivity index (χ2n) is 6.21. The summed E-state index contributed by atoms with van der Waals surface area (Å²) in [5.41, 5.74) is 1.51. The predicted octanol–water partition coefficient (Wildman–Crippen LogP) is 5.60. The van der Waals surface area contributed by atoms with Gasteiger partial charge >= 0.3 is 0 Å². The molecule has 1 heteroatoms. The normalized spacial score (nSPS) is 31.3. The largest absolute Gasteiger partial charge is 0.0609 e. The second-order valence-corrected chi connectivity index (χ2v) is 7.13. The molecule has 2 bridgehead atoms. The van der Waals surface area contributed by atoms with E-state index in [2.05, 4.69) is 40.2 Å². The maximum atomic E-state index is 3.58. The summed E-state index contributed by atoms with van der Waals surface area (Å²) in [6.45, 7) is 0. The van der Waals surface area contributed by atoms with Gasteiger partial charge in [0.15, 0.2) is 0 Å². The highest BCUT2D eigenvalue weighted by molar-refractivity contribution is 9.10. The quantitative estimate of drug-likeness (QED) is 0.682. The van der Waals surface area contributed by atoms with Crippen LogP contribution in [0.4, 0.5) is 0 Å². The summed E-state index contributed by atoms with van der Waals surface area (Å²) >= 11 is 3.58. The number of fused-ring (bicyclic) bond motifs is 2. The molecule has 0 nitrogen and oxygen atoms in total. The summed E-state index contributed by atoms with van der Waals surface area (Å²) < 4.78 is 1.23. The third-order valence-corrected chi connectivity index (χ3v) is 5.66. The molecule has 18 heavy (non-hydrogen) atoms. The first kappa shape index (κ1) is 12.7. The molecule has 0 spiro atoms. The summed E-state index contributed by atoms with van der Waals surface area (Å²) in [6.07, 6.45) is 11.8. The van der Waals surface area contributed by atoms with Crippen LogP contribution in [-0.2, 0) is 6.42 Å². The van der Waals surface area contributed by atoms with Gasteiger partial charge < -0.3 is 0 Å². The highest BCUT2D eigenvalue weighted by atomic mass is 79.9. The minimum Gasteiger partial charge on any atom is -0.0609 e. The lowest BCUT2D eigenvalue weighted by Crippen LogP contribution is -2.32. The third kappa shape index (κ3) is 2.82. The zero-order valence-electron chi connectivity index (χ0n) is 11.1. The Kier molecular flexibility index (Phi) is 4.08. The van der Waals surface area contributed by atoms with Crippen molar-refractivity contribution in [2.75, 3.05) is 0 Å². The summed E-state index contributed by atoms with van der Waals surface area (Å²) in [5, 5.41) is 0. The molecule has 0 aromatic heterocycles. The molecule has 2 aliphatic carbocycles. The van der Waals surface area contributed by atoms with Gasteiger partial charge in [-0.2, -0.15) is 0 Å². The fourth-order valence-electron chi connectivity index (χ4n) is 4.31. The van der Waals surface area contributed by atoms with Crippen molar-refractivity contribution >= 4 is 15.9 Å². The Hall–Kier alpha value is -0.300. The average molecular weight is 307 g/mol. The lowest BCUT2D eigenvalue weighted by molar-refractivity contribution is 0.0859. The van der Waals surface area contributed by atoms with Crippen LogP contribution in [0.15, 0.2) is 28.7 Å². The molecule has 0 amide bonds. The summed E-state index contributed by atoms with van der Waals surface area (Å²) in [7, 11) is 0. The minimum absolute atomic E-state index is 1.03. The van der Waals surface area contributed by atoms with E-state index in [4.69, 9.17) is 0 Å². The van der Waals surface area contributed by atoms with Crippen molar-refractivity contribution in [3.8, 4) is 0 Å². The number of hydrogen-bond acceptors (Lipinski definition) is 0. The van der Waals surface area contributed by atoms with Crippen LogP contribution in [0.2, 0.25) is 0 Å². The Labute approximate surface area is 119 Å². The van der Waals surface area contributed by atoms with Gasteiger partial charge in [-0.1, -0.05) is 66.6 Å². The topological polar surface area (TPSA) is 0 Å². The molecule has 0 atom stereocenters. The maximum absolute atomic E-state index is 3.58. The fourth-order valence-corrected chi connectivity index (χ4v) is 4.76. The van der Waals surface area contributed by atoms with E-state index in [9.17, 15) is 0 Å². The molecule has 0 N–H and O–H groups in total. The van der Waals surface area contributed by atoms with Crippen molar-refractivity contribution < 1.29 is 0 Å². The Bertz CT molecular complexity index is 376. The van der Waals surface area contributed by atoms with Crippen molar-refractivity contribution in [3.05, 3.63) is 34.3 Å². The first-order valence-corrected chi connectivity index (χ1v) is 8.36. The van der Waals surface area contributed by atoms with E-state index < -0.39 is 0 Å². The zero-order valence-corrected chi connectivity index (χ0v) is 12.7. The van der Waals surface area contributed by atoms with Gasteiger partial charge in [-0.3, -0.25) is 0 Å². The second kappa shape index (κ2) is 5.77. The van der Waals surface area contributed by atoms with Crippen molar-refractivity contribution in [2.45, 2.75) is 51.4 Å². The molecule has 0 aliphatic heterocycles. The van der Waals surface area contributed by atoms with Gasteiger partial charge in [0, 0.05) is 4.47 Å². The highest BCUT2D eigenvalue weighted by Gasteiger charge is 2.35. The monoisotopic (exact) mass is 306 g/mol. The van der Waals surface area contributed by atoms with Gasteiger partial charge in [-0.15, -0.1) is 0 Å². The average Bonchev–Trinajstić information content (AvgIpc) is 2.36. The van der Waals surface area contributed by atoms with Crippen LogP contribution in [0.25, 0.3) is 0 Å². The van der Waals surface area contributed by atoms with Gasteiger partial charge in [-0.05, 0) is 48.3 Å². The van der Waals surface area contributed by atoms with Crippen LogP contribution < -0.4 is 0 Å². The Morgan fingerprint density at radius 1 is 1.00 bits per heavy atom. The number of halogens is 1. The third-order valence-electron chi connectivity index (χ3n) is 5.17. The molecular weight excluding hydrogens is 284 g/mol. The van der Waals surface area contributed by atoms with E-state index in [0.717, 1.165) is 17.8 Å². The lowest BCUT2D eigenvalue weighted by atomic mass is 9.63. The van der Waals surface area contributed by atoms with Crippen molar-refractivity contribution in [3.63, 3.8) is 0 Å². The maximum Gasteiger partial charge on any atom is 0.0177 e. The van der Waals surface area contributed by atoms with Crippen molar-refractivity contribution in [1.29, 1.82) is 0 Å². The molecule has 3 rings (SSSR count). The number of benzene rings is 1. The molecule has 2 aliphatic rings. The summed E-state index contributed by atoms with van der Waals surface area (Å²) in [6, 6.07) is 8.86. The van der Waals surface area contributed by atoms with Gasteiger partial charge in [-0.25, -0.2) is 0 Å². The molecule has 0 unspecified atom stereocenters. The molecule has 1 aromatic carbocycles. The standard InChI is InChI=1S/C17H23Br/c18-16-9-1-4-13(12-16)10-11-17-14-5-2-6-15(17)8-3-7-14/h1,4,9,12,14-15,17H,2-3,5-8,10-11H2. The first-order valence-electron chi connectivity index (χ1n) is 7.57. The Balaban J connectivity index is 1.62. The lowest BCUT2D eigenvalue weighted by Gasteiger charge is -2.43. The SMILES string of the molecule is Brc1cccc(CCC2C3CCCC2CCC3)c1. The van der Waals surface area contributed by atoms with Crippen LogP contribution in [0, 0.1) is 17.8 Å². The summed E-state index contributed by atoms with van der Waals surface area (Å²) in [5.74, 6) is 3.15. The summed E-state index contributed by atoms with van der Waals surface area (Å²) in [4.78, 5) is 0. The smallest absolute Gasteiger partial charge is 0.0177 e. The zero-order chi connectivity index (χ0) is 12.4. The molecule has 2 fully saturated rings. The molecule has 1 aromatic rings. The van der Waals surface area contributed by atoms with E-state index in [1.165, 1.54) is 61.4 Å². The fraction of sp³-hybridized carbons (Fsp3) is 0.647. The van der Waals surface area contributed by atoms with Gasteiger partial charge in [0.2, 0.25) is 0 Å². The highest BCUT2D eigenvalue weighted by Crippen LogP contribution is 2.46. The van der Waals surface area contributed by atoms with Crippen molar-refractivity contribution in [2.24, 2.45) is 17.8 Å². The minimum atomic E-state index is 1.03. The van der Waals surface area contributed by atoms with Crippen LogP contribution in [0.1, 0.15) is 50.5 Å². The van der Waals surface area contributed by atoms with E-state index in [1.54, 1.807) is 0 Å². The Morgan fingerprint density at radius 2 is 1.67 bits per heavy atom. The van der Waals surface area contributed by atoms with Gasteiger partial charge in [0.05, 0.1) is 0 Å². The number of hydrogen-bond donors (Lipinski definition) is 0. The van der Waals surface area contributed by atoms with Crippen LogP contribution in [-0.4, -0.2) is 0 Å². The predicted molar refractivity (Wildman–Crippen MR) is 80.6 cm³/mol. The van der Waals surface area contributed by atoms with Crippen LogP contribution >= 0.6 is 15.9 Å². The van der Waals surface area contributed by atoms with E-state index in [0.29, 0.717) is 0 Å². The molecule has 0 saturated heterocycles. The molecule has 0 heterocycles. The molecule has 2 saturated carbocycles. The van der Waals surface area contributed by atoms with Crippen LogP contribution in [0.3, 0.4) is 0 Å². The first-order chi connectivity index (χ1) is 8.83. The Morgan fingerprint density at radius 3 is 2.28 bits per heavy atom.